The summed E-state index contributed by atoms with van der Waals surface area (Å²) in [6.07, 6.45) is 5.60. The molecule has 0 fully saturated rings. The van der Waals surface area contributed by atoms with E-state index in [0.29, 0.717) is 16.5 Å². The third-order valence-electron chi connectivity index (χ3n) is 4.18. The van der Waals surface area contributed by atoms with Crippen LogP contribution in [-0.4, -0.2) is 20.2 Å². The van der Waals surface area contributed by atoms with E-state index in [1.807, 2.05) is 56.3 Å². The summed E-state index contributed by atoms with van der Waals surface area (Å²) in [5.74, 6) is 4.68. The van der Waals surface area contributed by atoms with Gasteiger partial charge in [0, 0.05) is 11.1 Å². The molecule has 0 spiro atoms. The van der Waals surface area contributed by atoms with Gasteiger partial charge in [0.25, 0.3) is 0 Å². The third kappa shape index (κ3) is 4.57. The maximum Gasteiger partial charge on any atom is 0.137 e. The Kier molecular flexibility index (Phi) is 5.33. The lowest BCUT2D eigenvalue weighted by Gasteiger charge is -2.12. The Hall–Kier alpha value is -3.05. The van der Waals surface area contributed by atoms with Gasteiger partial charge in [-0.1, -0.05) is 30.4 Å². The molecule has 1 aromatic heterocycles. The van der Waals surface area contributed by atoms with E-state index in [1.165, 1.54) is 0 Å². The minimum absolute atomic E-state index is 0.335. The molecule has 0 aliphatic rings. The number of aromatic hydroxyl groups is 1. The summed E-state index contributed by atoms with van der Waals surface area (Å²) in [4.78, 5) is 4.74. The number of aryl methyl sites for hydroxylation is 2. The lowest BCUT2D eigenvalue weighted by atomic mass is 10.0. The molecule has 0 amide bonds. The van der Waals surface area contributed by atoms with Crippen LogP contribution in [0.1, 0.15) is 22.3 Å². The minimum Gasteiger partial charge on any atom is -0.507 e. The number of aromatic nitrogens is 1. The normalized spacial score (nSPS) is 13.4. The number of anilines is 1. The van der Waals surface area contributed by atoms with Crippen LogP contribution in [0, 0.1) is 13.8 Å². The maximum atomic E-state index is 12.9. The fraction of sp³-hybridized carbons (Fsp3) is 0.0909. The van der Waals surface area contributed by atoms with Crippen LogP contribution in [0.2, 0.25) is 0 Å². The van der Waals surface area contributed by atoms with Crippen molar-refractivity contribution in [2.45, 2.75) is 18.7 Å². The zero-order valence-electron chi connectivity index (χ0n) is 15.3. The summed E-state index contributed by atoms with van der Waals surface area (Å²) in [6, 6.07) is 16.7. The highest BCUT2D eigenvalue weighted by Gasteiger charge is 2.08. The summed E-state index contributed by atoms with van der Waals surface area (Å²) >= 11 is 0. The number of nitrogens with one attached hydrogen (secondary N) is 1. The Morgan fingerprint density at radius 1 is 1.00 bits per heavy atom. The highest BCUT2D eigenvalue weighted by molar-refractivity contribution is 8.01. The van der Waals surface area contributed by atoms with Gasteiger partial charge in [0.15, 0.2) is 0 Å². The van der Waals surface area contributed by atoms with Gasteiger partial charge in [0.1, 0.15) is 11.6 Å². The number of nitrogens with zero attached hydrogens (tertiary/aromatic N) is 1. The second-order valence-electron chi connectivity index (χ2n) is 6.40. The highest BCUT2D eigenvalue weighted by atomic mass is 32.2. The molecule has 138 valence electrons. The number of benzene rings is 2. The molecule has 0 aliphatic carbocycles. The van der Waals surface area contributed by atoms with Crippen LogP contribution in [0.25, 0.3) is 12.2 Å². The standard InChI is InChI=1S/C22H22N2O2S/c1-16-14-19(15-17(2)22(16)25)8-7-18-9-11-20(12-10-18)27(3,26)24-21-6-4-5-13-23-21/h4-15,25H,3H2,1-2H3,(H,23,24,26). The monoisotopic (exact) mass is 378 g/mol. The molecule has 3 rings (SSSR count). The second kappa shape index (κ2) is 7.68. The largest absolute Gasteiger partial charge is 0.507 e. The molecule has 1 unspecified atom stereocenters. The quantitative estimate of drug-likeness (QED) is 0.501. The molecule has 1 heterocycles. The van der Waals surface area contributed by atoms with Gasteiger partial charge in [0.2, 0.25) is 0 Å². The number of hydrogen-bond acceptors (Lipinski definition) is 3. The fourth-order valence-electron chi connectivity index (χ4n) is 2.73. The van der Waals surface area contributed by atoms with Crippen LogP contribution in [0.4, 0.5) is 5.82 Å². The highest BCUT2D eigenvalue weighted by Crippen LogP contribution is 2.24. The van der Waals surface area contributed by atoms with Crippen molar-refractivity contribution in [3.05, 3.63) is 83.0 Å². The third-order valence-corrected chi connectivity index (χ3v) is 5.75. The van der Waals surface area contributed by atoms with Gasteiger partial charge in [-0.15, -0.1) is 0 Å². The second-order valence-corrected chi connectivity index (χ2v) is 8.42. The smallest absolute Gasteiger partial charge is 0.137 e. The van der Waals surface area contributed by atoms with E-state index in [0.717, 1.165) is 22.3 Å². The lowest BCUT2D eigenvalue weighted by molar-refractivity contribution is 0.467. The molecule has 0 bridgehead atoms. The van der Waals surface area contributed by atoms with E-state index in [2.05, 4.69) is 15.6 Å². The molecule has 2 N–H and O–H groups in total. The molecule has 0 saturated carbocycles. The van der Waals surface area contributed by atoms with Gasteiger partial charge in [-0.25, -0.2) is 9.19 Å². The Morgan fingerprint density at radius 2 is 1.63 bits per heavy atom. The number of hydrogen-bond donors (Lipinski definition) is 2. The van der Waals surface area contributed by atoms with Gasteiger partial charge in [-0.05, 0) is 78.4 Å². The summed E-state index contributed by atoms with van der Waals surface area (Å²) in [5, 5.41) is 9.86. The topological polar surface area (TPSA) is 62.2 Å². The van der Waals surface area contributed by atoms with Crippen molar-refractivity contribution < 1.29 is 9.32 Å². The van der Waals surface area contributed by atoms with Crippen molar-refractivity contribution >= 4 is 33.5 Å². The molecule has 27 heavy (non-hydrogen) atoms. The lowest BCUT2D eigenvalue weighted by Crippen LogP contribution is -2.13. The van der Waals surface area contributed by atoms with Crippen LogP contribution in [0.15, 0.2) is 65.7 Å². The van der Waals surface area contributed by atoms with E-state index < -0.39 is 9.71 Å². The summed E-state index contributed by atoms with van der Waals surface area (Å²) in [7, 11) is -2.68. The minimum atomic E-state index is -2.68. The summed E-state index contributed by atoms with van der Waals surface area (Å²) < 4.78 is 15.7. The first-order valence-electron chi connectivity index (χ1n) is 8.49. The van der Waals surface area contributed by atoms with Crippen LogP contribution in [-0.2, 0) is 9.71 Å². The Bertz CT molecular complexity index is 1050. The van der Waals surface area contributed by atoms with Crippen LogP contribution >= 0.6 is 0 Å². The first-order chi connectivity index (χ1) is 12.8. The molecule has 4 nitrogen and oxygen atoms in total. The zero-order chi connectivity index (χ0) is 19.4. The first-order valence-corrected chi connectivity index (χ1v) is 10.2. The number of pyridine rings is 1. The van der Waals surface area contributed by atoms with Gasteiger partial charge < -0.3 is 5.11 Å². The van der Waals surface area contributed by atoms with E-state index in [9.17, 15) is 9.32 Å². The van der Waals surface area contributed by atoms with Crippen molar-refractivity contribution in [3.63, 3.8) is 0 Å². The molecule has 0 radical (unpaired) electrons. The number of phenols is 1. The van der Waals surface area contributed by atoms with Gasteiger partial charge in [-0.3, -0.25) is 4.72 Å². The molecular formula is C22H22N2O2S. The SMILES string of the molecule is C=S(=O)(Nc1ccccn1)c1ccc(C=Cc2cc(C)c(O)c(C)c2)cc1. The summed E-state index contributed by atoms with van der Waals surface area (Å²) in [5.41, 5.74) is 3.70. The van der Waals surface area contributed by atoms with Crippen LogP contribution < -0.4 is 4.72 Å². The average molecular weight is 378 g/mol. The average Bonchev–Trinajstić information content (AvgIpc) is 2.65. The van der Waals surface area contributed by atoms with E-state index in [4.69, 9.17) is 0 Å². The molecule has 3 aromatic rings. The Balaban J connectivity index is 1.77. The van der Waals surface area contributed by atoms with E-state index in [1.54, 1.807) is 30.5 Å². The maximum absolute atomic E-state index is 12.9. The van der Waals surface area contributed by atoms with Crippen molar-refractivity contribution in [1.82, 2.24) is 4.98 Å². The van der Waals surface area contributed by atoms with E-state index >= 15 is 0 Å². The van der Waals surface area contributed by atoms with E-state index in [-0.39, 0.29) is 0 Å². The van der Waals surface area contributed by atoms with Gasteiger partial charge in [0.05, 0.1) is 9.71 Å². The van der Waals surface area contributed by atoms with Crippen molar-refractivity contribution in [1.29, 1.82) is 0 Å². The van der Waals surface area contributed by atoms with Crippen LogP contribution in [0.3, 0.4) is 0 Å². The Labute approximate surface area is 160 Å². The Morgan fingerprint density at radius 3 is 2.22 bits per heavy atom. The zero-order valence-corrected chi connectivity index (χ0v) is 16.2. The van der Waals surface area contributed by atoms with Crippen molar-refractivity contribution in [3.8, 4) is 5.75 Å². The fourth-order valence-corrected chi connectivity index (χ4v) is 3.88. The van der Waals surface area contributed by atoms with Gasteiger partial charge >= 0.3 is 0 Å². The number of rotatable bonds is 5. The molecule has 5 heteroatoms. The molecular weight excluding hydrogens is 356 g/mol. The number of phenolic OH excluding ortho intramolecular Hbond substituents is 1. The van der Waals surface area contributed by atoms with Crippen molar-refractivity contribution in [2.75, 3.05) is 4.72 Å². The first kappa shape index (κ1) is 18.7. The predicted octanol–water partition coefficient (Wildman–Crippen LogP) is 4.68. The predicted molar refractivity (Wildman–Crippen MR) is 114 cm³/mol. The van der Waals surface area contributed by atoms with Crippen molar-refractivity contribution in [2.24, 2.45) is 0 Å². The van der Waals surface area contributed by atoms with Crippen LogP contribution in [0.5, 0.6) is 5.75 Å². The molecule has 0 aliphatic heterocycles. The molecule has 0 saturated heterocycles. The summed E-state index contributed by atoms with van der Waals surface area (Å²) in [6.45, 7) is 3.77. The molecule has 1 atom stereocenters. The van der Waals surface area contributed by atoms with Gasteiger partial charge in [-0.2, -0.15) is 0 Å². The molecule has 2 aromatic carbocycles.